The third-order valence-corrected chi connectivity index (χ3v) is 8.32. The number of fused-ring (bicyclic) bond motifs is 2. The molecule has 34 heavy (non-hydrogen) atoms. The van der Waals surface area contributed by atoms with Crippen molar-refractivity contribution in [3.05, 3.63) is 78.2 Å². The van der Waals surface area contributed by atoms with Crippen LogP contribution < -0.4 is 13.8 Å². The van der Waals surface area contributed by atoms with E-state index in [2.05, 4.69) is 0 Å². The van der Waals surface area contributed by atoms with Gasteiger partial charge in [0.25, 0.3) is 0 Å². The van der Waals surface area contributed by atoms with E-state index in [-0.39, 0.29) is 15.6 Å². The van der Waals surface area contributed by atoms with E-state index in [1.54, 1.807) is 30.4 Å². The van der Waals surface area contributed by atoms with E-state index in [1.807, 2.05) is 12.2 Å². The first-order chi connectivity index (χ1) is 16.2. The van der Waals surface area contributed by atoms with E-state index < -0.39 is 19.9 Å². The molecule has 2 aromatic carbocycles. The van der Waals surface area contributed by atoms with Crippen LogP contribution in [0.15, 0.2) is 82.4 Å². The maximum absolute atomic E-state index is 13.0. The molecule has 2 heterocycles. The Balaban J connectivity index is 0.000000291. The fraction of sp³-hybridized carbons (Fsp3) is 0.250. The third kappa shape index (κ3) is 5.18. The van der Waals surface area contributed by atoms with E-state index in [4.69, 9.17) is 9.47 Å². The van der Waals surface area contributed by atoms with Crippen molar-refractivity contribution < 1.29 is 30.7 Å². The summed E-state index contributed by atoms with van der Waals surface area (Å²) >= 11 is 0. The summed E-state index contributed by atoms with van der Waals surface area (Å²) in [6.45, 7) is 1.12. The number of sulfone groups is 1. The SMILES string of the molecule is CS(=O)(=O)N1CCc2cc(S(=O)(=O)c3ccc4c(c3)OCCO4)ccc21.FC1=CCC=CC=C1. The quantitative estimate of drug-likeness (QED) is 0.627. The standard InChI is InChI=1S/C17H17NO6S2.C7H7F/c1-25(19,20)18-7-6-12-10-13(2-4-15(12)18)26(21,22)14-3-5-16-17(11-14)24-9-8-23-16;8-7-5-3-1-2-4-6-7/h2-5,10-11H,6-9H2,1H3;1-3,5-6H,4H2. The molecule has 180 valence electrons. The van der Waals surface area contributed by atoms with Gasteiger partial charge >= 0.3 is 0 Å². The molecular weight excluding hydrogens is 481 g/mol. The van der Waals surface area contributed by atoms with E-state index >= 15 is 0 Å². The molecule has 0 saturated heterocycles. The van der Waals surface area contributed by atoms with Gasteiger partial charge in [0.05, 0.1) is 21.7 Å². The molecule has 0 unspecified atom stereocenters. The van der Waals surface area contributed by atoms with Gasteiger partial charge < -0.3 is 9.47 Å². The Bertz CT molecular complexity index is 1390. The highest BCUT2D eigenvalue weighted by Crippen LogP contribution is 2.36. The predicted molar refractivity (Wildman–Crippen MR) is 127 cm³/mol. The van der Waals surface area contributed by atoms with E-state index in [0.717, 1.165) is 6.26 Å². The first kappa shape index (κ1) is 24.0. The highest BCUT2D eigenvalue weighted by molar-refractivity contribution is 7.92. The zero-order valence-corrected chi connectivity index (χ0v) is 20.1. The van der Waals surface area contributed by atoms with Crippen LogP contribution in [0.5, 0.6) is 11.5 Å². The van der Waals surface area contributed by atoms with Crippen LogP contribution in [0.3, 0.4) is 0 Å². The fourth-order valence-electron chi connectivity index (χ4n) is 3.74. The molecule has 1 aliphatic carbocycles. The van der Waals surface area contributed by atoms with Crippen molar-refractivity contribution in [3.63, 3.8) is 0 Å². The highest BCUT2D eigenvalue weighted by Gasteiger charge is 2.29. The van der Waals surface area contributed by atoms with Crippen molar-refractivity contribution in [1.82, 2.24) is 0 Å². The topological polar surface area (TPSA) is 90.0 Å². The smallest absolute Gasteiger partial charge is 0.232 e. The number of halogens is 1. The summed E-state index contributed by atoms with van der Waals surface area (Å²) in [6.07, 6.45) is 10.8. The molecule has 0 spiro atoms. The molecule has 0 bridgehead atoms. The number of rotatable bonds is 3. The lowest BCUT2D eigenvalue weighted by Crippen LogP contribution is -2.27. The summed E-state index contributed by atoms with van der Waals surface area (Å²) in [4.78, 5) is 0.239. The highest BCUT2D eigenvalue weighted by atomic mass is 32.2. The largest absolute Gasteiger partial charge is 0.486 e. The Hall–Kier alpha value is -3.11. The Labute approximate surface area is 198 Å². The second-order valence-electron chi connectivity index (χ2n) is 7.80. The maximum atomic E-state index is 13.0. The number of anilines is 1. The first-order valence-corrected chi connectivity index (χ1v) is 13.9. The van der Waals surface area contributed by atoms with Gasteiger partial charge in [-0.15, -0.1) is 0 Å². The number of allylic oxidation sites excluding steroid dienone is 6. The van der Waals surface area contributed by atoms with Gasteiger partial charge in [0.15, 0.2) is 11.5 Å². The Kier molecular flexibility index (Phi) is 6.81. The minimum absolute atomic E-state index is 0.111. The van der Waals surface area contributed by atoms with E-state index in [0.29, 0.717) is 55.4 Å². The molecule has 0 amide bonds. The van der Waals surface area contributed by atoms with Crippen LogP contribution in [0.1, 0.15) is 12.0 Å². The summed E-state index contributed by atoms with van der Waals surface area (Å²) in [6, 6.07) is 9.06. The van der Waals surface area contributed by atoms with Crippen LogP contribution in [-0.2, 0) is 26.3 Å². The van der Waals surface area contributed by atoms with Crippen molar-refractivity contribution in [3.8, 4) is 11.5 Å². The molecule has 0 radical (unpaired) electrons. The molecule has 3 aliphatic rings. The molecule has 0 N–H and O–H groups in total. The average Bonchev–Trinajstić information content (AvgIpc) is 3.11. The van der Waals surface area contributed by atoms with Crippen molar-refractivity contribution in [2.75, 3.05) is 30.3 Å². The summed E-state index contributed by atoms with van der Waals surface area (Å²) < 4.78 is 73.9. The van der Waals surface area contributed by atoms with E-state index in [1.165, 1.54) is 28.6 Å². The van der Waals surface area contributed by atoms with Crippen LogP contribution in [-0.4, -0.2) is 42.8 Å². The van der Waals surface area contributed by atoms with Gasteiger partial charge in [0, 0.05) is 12.6 Å². The van der Waals surface area contributed by atoms with Crippen molar-refractivity contribution >= 4 is 25.5 Å². The van der Waals surface area contributed by atoms with Gasteiger partial charge in [-0.2, -0.15) is 0 Å². The molecule has 10 heteroatoms. The normalized spacial score (nSPS) is 16.8. The molecule has 5 rings (SSSR count). The Morgan fingerprint density at radius 1 is 0.912 bits per heavy atom. The zero-order chi connectivity index (χ0) is 24.3. The number of nitrogens with zero attached hydrogens (tertiary/aromatic N) is 1. The third-order valence-electron chi connectivity index (χ3n) is 5.39. The summed E-state index contributed by atoms with van der Waals surface area (Å²) in [5, 5.41) is 0. The number of hydrogen-bond acceptors (Lipinski definition) is 6. The van der Waals surface area contributed by atoms with Crippen LogP contribution in [0.4, 0.5) is 10.1 Å². The van der Waals surface area contributed by atoms with Crippen molar-refractivity contribution in [2.45, 2.75) is 22.6 Å². The Morgan fingerprint density at radius 2 is 1.62 bits per heavy atom. The molecular formula is C24H24FNO6S2. The minimum atomic E-state index is -3.75. The number of sulfonamides is 1. The van der Waals surface area contributed by atoms with Gasteiger partial charge in [-0.25, -0.2) is 21.2 Å². The lowest BCUT2D eigenvalue weighted by Gasteiger charge is -2.19. The Morgan fingerprint density at radius 3 is 2.38 bits per heavy atom. The van der Waals surface area contributed by atoms with Crippen LogP contribution >= 0.6 is 0 Å². The van der Waals surface area contributed by atoms with Gasteiger partial charge in [-0.3, -0.25) is 4.31 Å². The lowest BCUT2D eigenvalue weighted by molar-refractivity contribution is 0.171. The van der Waals surface area contributed by atoms with E-state index in [9.17, 15) is 21.2 Å². The molecule has 0 atom stereocenters. The van der Waals surface area contributed by atoms with Gasteiger partial charge in [0.1, 0.15) is 19.0 Å². The second kappa shape index (κ2) is 9.63. The van der Waals surface area contributed by atoms with Gasteiger partial charge in [0.2, 0.25) is 19.9 Å². The molecule has 0 saturated carbocycles. The lowest BCUT2D eigenvalue weighted by atomic mass is 10.2. The number of benzene rings is 2. The van der Waals surface area contributed by atoms with Gasteiger partial charge in [-0.05, 0) is 60.9 Å². The van der Waals surface area contributed by atoms with Crippen LogP contribution in [0.25, 0.3) is 0 Å². The molecule has 2 aliphatic heterocycles. The van der Waals surface area contributed by atoms with Crippen molar-refractivity contribution in [2.24, 2.45) is 0 Å². The molecule has 0 aromatic heterocycles. The molecule has 0 fully saturated rings. The van der Waals surface area contributed by atoms with Crippen LogP contribution in [0.2, 0.25) is 0 Å². The van der Waals surface area contributed by atoms with Crippen LogP contribution in [0, 0.1) is 0 Å². The maximum Gasteiger partial charge on any atom is 0.232 e. The first-order valence-electron chi connectivity index (χ1n) is 10.6. The molecule has 7 nitrogen and oxygen atoms in total. The summed E-state index contributed by atoms with van der Waals surface area (Å²) in [7, 11) is -7.12. The monoisotopic (exact) mass is 505 g/mol. The molecule has 2 aromatic rings. The van der Waals surface area contributed by atoms with Gasteiger partial charge in [-0.1, -0.05) is 18.2 Å². The number of hydrogen-bond donors (Lipinski definition) is 0. The zero-order valence-electron chi connectivity index (χ0n) is 18.5. The van der Waals surface area contributed by atoms with Crippen molar-refractivity contribution in [1.29, 1.82) is 0 Å². The average molecular weight is 506 g/mol. The summed E-state index contributed by atoms with van der Waals surface area (Å²) in [5.41, 5.74) is 1.24. The fourth-order valence-corrected chi connectivity index (χ4v) is 6.02. The summed E-state index contributed by atoms with van der Waals surface area (Å²) in [5.74, 6) is 0.782. The predicted octanol–water partition coefficient (Wildman–Crippen LogP) is 3.97. The minimum Gasteiger partial charge on any atom is -0.486 e. The second-order valence-corrected chi connectivity index (χ2v) is 11.7. The number of ether oxygens (including phenoxy) is 2.